The summed E-state index contributed by atoms with van der Waals surface area (Å²) in [5, 5.41) is 3.53. The minimum atomic E-state index is -4.49. The molecule has 1 N–H and O–H groups in total. The number of benzene rings is 1. The molecular formula is C13H13F3N2O3. The molecular weight excluding hydrogens is 289 g/mol. The highest BCUT2D eigenvalue weighted by molar-refractivity contribution is 6.64. The van der Waals surface area contributed by atoms with Crippen LogP contribution in [0.15, 0.2) is 29.4 Å². The molecule has 5 nitrogen and oxygen atoms in total. The number of nitrogens with one attached hydrogen (secondary N) is 1. The molecule has 0 aliphatic heterocycles. The molecule has 0 amide bonds. The molecule has 0 aromatic heterocycles. The molecule has 114 valence electrons. The number of hydrogen-bond donors (Lipinski definition) is 1. The molecule has 0 unspecified atom stereocenters. The second-order valence-corrected chi connectivity index (χ2v) is 3.92. The van der Waals surface area contributed by atoms with Crippen LogP contribution in [0.1, 0.15) is 18.9 Å². The molecule has 0 heterocycles. The van der Waals surface area contributed by atoms with E-state index in [1.807, 2.05) is 0 Å². The van der Waals surface area contributed by atoms with E-state index in [4.69, 9.17) is 0 Å². The number of nitrogens with zero attached hydrogens (tertiary/aromatic N) is 1. The van der Waals surface area contributed by atoms with E-state index >= 15 is 0 Å². The number of carbonyl (C=O) groups is 2. The minimum Gasteiger partial charge on any atom is -0.464 e. The number of hydrogen-bond acceptors (Lipinski definition) is 5. The maximum Gasteiger partial charge on any atom is 0.416 e. The second-order valence-electron chi connectivity index (χ2n) is 3.92. The van der Waals surface area contributed by atoms with E-state index in [1.54, 1.807) is 0 Å². The van der Waals surface area contributed by atoms with Crippen LogP contribution in [0, 0.1) is 0 Å². The summed E-state index contributed by atoms with van der Waals surface area (Å²) in [6.45, 7) is 1.52. The normalized spacial score (nSPS) is 12.0. The number of anilines is 1. The number of methoxy groups -OCH3 is 1. The lowest BCUT2D eigenvalue weighted by atomic mass is 10.2. The summed E-state index contributed by atoms with van der Waals surface area (Å²) in [6, 6.07) is 4.21. The van der Waals surface area contributed by atoms with Crippen LogP contribution >= 0.6 is 0 Å². The van der Waals surface area contributed by atoms with E-state index in [1.165, 1.54) is 19.1 Å². The lowest BCUT2D eigenvalue weighted by molar-refractivity contribution is -0.137. The second kappa shape index (κ2) is 6.87. The molecule has 1 aromatic carbocycles. The van der Waals surface area contributed by atoms with Crippen molar-refractivity contribution in [3.8, 4) is 0 Å². The lowest BCUT2D eigenvalue weighted by Gasteiger charge is -2.08. The fraction of sp³-hybridized carbons (Fsp3) is 0.308. The summed E-state index contributed by atoms with van der Waals surface area (Å²) in [6.07, 6.45) is -4.48. The van der Waals surface area contributed by atoms with Gasteiger partial charge in [0.15, 0.2) is 5.78 Å². The number of alkyl halides is 3. The van der Waals surface area contributed by atoms with Gasteiger partial charge in [0.1, 0.15) is 0 Å². The van der Waals surface area contributed by atoms with Gasteiger partial charge < -0.3 is 4.74 Å². The van der Waals surface area contributed by atoms with E-state index in [9.17, 15) is 22.8 Å². The average molecular weight is 302 g/mol. The van der Waals surface area contributed by atoms with Crippen molar-refractivity contribution in [2.45, 2.75) is 19.5 Å². The van der Waals surface area contributed by atoms with Crippen LogP contribution in [-0.2, 0) is 20.5 Å². The monoisotopic (exact) mass is 302 g/mol. The van der Waals surface area contributed by atoms with Gasteiger partial charge in [-0.05, 0) is 18.2 Å². The molecule has 0 spiro atoms. The Bertz CT molecular complexity index is 550. The summed E-state index contributed by atoms with van der Waals surface area (Å²) >= 11 is 0. The van der Waals surface area contributed by atoms with Crippen molar-refractivity contribution in [2.24, 2.45) is 5.10 Å². The zero-order chi connectivity index (χ0) is 16.0. The fourth-order valence-electron chi connectivity index (χ4n) is 1.37. The molecule has 1 aromatic rings. The summed E-state index contributed by atoms with van der Waals surface area (Å²) in [5.74, 6) is -1.54. The highest BCUT2D eigenvalue weighted by Gasteiger charge is 2.30. The largest absolute Gasteiger partial charge is 0.464 e. The van der Waals surface area contributed by atoms with Crippen LogP contribution in [0.2, 0.25) is 0 Å². The predicted molar refractivity (Wildman–Crippen MR) is 69.8 cm³/mol. The molecule has 0 saturated heterocycles. The molecule has 0 radical (unpaired) electrons. The van der Waals surface area contributed by atoms with Crippen molar-refractivity contribution in [1.82, 2.24) is 0 Å². The van der Waals surface area contributed by atoms with Crippen molar-refractivity contribution >= 4 is 23.2 Å². The van der Waals surface area contributed by atoms with Crippen molar-refractivity contribution in [3.63, 3.8) is 0 Å². The van der Waals surface area contributed by atoms with Gasteiger partial charge >= 0.3 is 12.1 Å². The number of esters is 1. The van der Waals surface area contributed by atoms with Crippen LogP contribution in [0.5, 0.6) is 0 Å². The van der Waals surface area contributed by atoms with Crippen molar-refractivity contribution in [2.75, 3.05) is 12.5 Å². The number of halogens is 3. The Labute approximate surface area is 118 Å². The van der Waals surface area contributed by atoms with Gasteiger partial charge in [-0.15, -0.1) is 0 Å². The third-order valence-corrected chi connectivity index (χ3v) is 2.45. The van der Waals surface area contributed by atoms with Crippen LogP contribution in [0.4, 0.5) is 18.9 Å². The van der Waals surface area contributed by atoms with Crippen LogP contribution in [0.25, 0.3) is 0 Å². The first-order valence-corrected chi connectivity index (χ1v) is 5.92. The quantitative estimate of drug-likeness (QED) is 0.393. The molecule has 0 fully saturated rings. The Hall–Kier alpha value is -2.38. The van der Waals surface area contributed by atoms with Crippen LogP contribution < -0.4 is 5.43 Å². The lowest BCUT2D eigenvalue weighted by Crippen LogP contribution is -2.26. The zero-order valence-corrected chi connectivity index (χ0v) is 11.3. The molecule has 1 rings (SSSR count). The summed E-state index contributed by atoms with van der Waals surface area (Å²) in [4.78, 5) is 22.9. The molecule has 0 aliphatic carbocycles. The van der Waals surface area contributed by atoms with Gasteiger partial charge in [-0.1, -0.05) is 13.0 Å². The molecule has 0 aliphatic rings. The summed E-state index contributed by atoms with van der Waals surface area (Å²) in [5.41, 5.74) is 0.876. The van der Waals surface area contributed by atoms with Gasteiger partial charge in [-0.2, -0.15) is 18.3 Å². The number of hydrazone groups is 1. The van der Waals surface area contributed by atoms with Gasteiger partial charge in [-0.25, -0.2) is 4.79 Å². The maximum atomic E-state index is 12.5. The van der Waals surface area contributed by atoms with Crippen molar-refractivity contribution < 1.29 is 27.5 Å². The number of ketones is 1. The van der Waals surface area contributed by atoms with Crippen LogP contribution in [0.3, 0.4) is 0 Å². The van der Waals surface area contributed by atoms with Gasteiger partial charge in [0.2, 0.25) is 5.71 Å². The number of ether oxygens (including phenoxy) is 1. The van der Waals surface area contributed by atoms with Gasteiger partial charge in [0, 0.05) is 6.42 Å². The minimum absolute atomic E-state index is 0.00451. The molecule has 8 heteroatoms. The first-order chi connectivity index (χ1) is 9.79. The van der Waals surface area contributed by atoms with Gasteiger partial charge in [0.25, 0.3) is 0 Å². The van der Waals surface area contributed by atoms with E-state index in [2.05, 4.69) is 15.3 Å². The van der Waals surface area contributed by atoms with E-state index in [0.717, 1.165) is 19.2 Å². The van der Waals surface area contributed by atoms with E-state index < -0.39 is 29.2 Å². The molecule has 0 saturated carbocycles. The first-order valence-electron chi connectivity index (χ1n) is 5.92. The highest BCUT2D eigenvalue weighted by Crippen LogP contribution is 2.30. The standard InChI is InChI=1S/C13H13F3N2O3/c1-3-10(19)11(12(20)21-2)18-17-9-6-4-5-8(7-9)13(14,15)16/h4-7,17H,3H2,1-2H3/b18-11-. The Morgan fingerprint density at radius 1 is 1.33 bits per heavy atom. The van der Waals surface area contributed by atoms with Gasteiger partial charge in [0.05, 0.1) is 18.4 Å². The fourth-order valence-corrected chi connectivity index (χ4v) is 1.37. The third kappa shape index (κ3) is 4.59. The number of Topliss-reactive ketones (excluding diaryl/α,β-unsaturated/α-hetero) is 1. The Balaban J connectivity index is 3.01. The number of rotatable bonds is 5. The Kier molecular flexibility index (Phi) is 5.45. The summed E-state index contributed by atoms with van der Waals surface area (Å²) < 4.78 is 42.0. The van der Waals surface area contributed by atoms with Crippen molar-refractivity contribution in [3.05, 3.63) is 29.8 Å². The van der Waals surface area contributed by atoms with Crippen LogP contribution in [-0.4, -0.2) is 24.6 Å². The smallest absolute Gasteiger partial charge is 0.416 e. The van der Waals surface area contributed by atoms with E-state index in [0.29, 0.717) is 0 Å². The first kappa shape index (κ1) is 16.7. The van der Waals surface area contributed by atoms with Gasteiger partial charge in [-0.3, -0.25) is 10.2 Å². The Morgan fingerprint density at radius 2 is 2.00 bits per heavy atom. The topological polar surface area (TPSA) is 67.8 Å². The van der Waals surface area contributed by atoms with Crippen molar-refractivity contribution in [1.29, 1.82) is 0 Å². The average Bonchev–Trinajstić information content (AvgIpc) is 2.46. The molecule has 0 bridgehead atoms. The molecule has 21 heavy (non-hydrogen) atoms. The van der Waals surface area contributed by atoms with E-state index in [-0.39, 0.29) is 12.1 Å². The summed E-state index contributed by atoms with van der Waals surface area (Å²) in [7, 11) is 1.07. The zero-order valence-electron chi connectivity index (χ0n) is 11.3. The third-order valence-electron chi connectivity index (χ3n) is 2.45. The number of carbonyl (C=O) groups excluding carboxylic acids is 2. The highest BCUT2D eigenvalue weighted by atomic mass is 19.4. The molecule has 0 atom stereocenters. The SMILES string of the molecule is CCC(=O)/C(=N/Nc1cccc(C(F)(F)F)c1)C(=O)OC. The Morgan fingerprint density at radius 3 is 2.52 bits per heavy atom. The maximum absolute atomic E-state index is 12.5. The predicted octanol–water partition coefficient (Wildman–Crippen LogP) is 2.63.